The lowest BCUT2D eigenvalue weighted by atomic mass is 9.97. The van der Waals surface area contributed by atoms with Crippen LogP contribution in [-0.2, 0) is 6.42 Å². The van der Waals surface area contributed by atoms with Crippen molar-refractivity contribution in [3.8, 4) is 0 Å². The van der Waals surface area contributed by atoms with Crippen LogP contribution in [0.25, 0.3) is 0 Å². The predicted molar refractivity (Wildman–Crippen MR) is 75.0 cm³/mol. The van der Waals surface area contributed by atoms with E-state index in [2.05, 4.69) is 5.32 Å². The van der Waals surface area contributed by atoms with E-state index in [-0.39, 0.29) is 17.7 Å². The van der Waals surface area contributed by atoms with Crippen LogP contribution in [0.5, 0.6) is 0 Å². The number of rotatable bonds is 5. The molecule has 110 valence electrons. The number of hydrogen-bond donors (Lipinski definition) is 1. The Balaban J connectivity index is 2.36. The van der Waals surface area contributed by atoms with Crippen molar-refractivity contribution in [3.05, 3.63) is 75.3 Å². The molecule has 0 aromatic heterocycles. The van der Waals surface area contributed by atoms with Gasteiger partial charge in [0.1, 0.15) is 11.6 Å². The minimum absolute atomic E-state index is 0.0328. The Labute approximate surface area is 120 Å². The maximum absolute atomic E-state index is 13.8. The first kappa shape index (κ1) is 15.1. The van der Waals surface area contributed by atoms with Gasteiger partial charge in [-0.05, 0) is 31.7 Å². The van der Waals surface area contributed by atoms with E-state index in [1.807, 2.05) is 0 Å². The summed E-state index contributed by atoms with van der Waals surface area (Å²) in [6, 6.07) is 8.89. The molecule has 2 aromatic carbocycles. The molecule has 6 heteroatoms. The van der Waals surface area contributed by atoms with Gasteiger partial charge in [0.25, 0.3) is 5.69 Å². The molecule has 0 spiro atoms. The SMILES string of the molecule is CNC(Cc1ccccc1[N+](=O)[O-])c1cc(F)ccc1F. The molecule has 0 radical (unpaired) electrons. The van der Waals surface area contributed by atoms with Gasteiger partial charge in [0.05, 0.1) is 4.92 Å². The number of hydrogen-bond acceptors (Lipinski definition) is 3. The van der Waals surface area contributed by atoms with E-state index in [1.54, 1.807) is 25.2 Å². The first-order valence-corrected chi connectivity index (χ1v) is 6.37. The maximum atomic E-state index is 13.8. The Hall–Kier alpha value is -2.34. The van der Waals surface area contributed by atoms with Crippen molar-refractivity contribution in [1.82, 2.24) is 5.32 Å². The molecule has 0 heterocycles. The molecule has 2 aromatic rings. The fourth-order valence-electron chi connectivity index (χ4n) is 2.23. The van der Waals surface area contributed by atoms with Crippen LogP contribution in [0.2, 0.25) is 0 Å². The molecule has 0 saturated carbocycles. The number of likely N-dealkylation sites (N-methyl/N-ethyl adjacent to an activating group) is 1. The predicted octanol–water partition coefficient (Wildman–Crippen LogP) is 3.38. The maximum Gasteiger partial charge on any atom is 0.272 e. The molecule has 2 rings (SSSR count). The molecule has 1 unspecified atom stereocenters. The van der Waals surface area contributed by atoms with Crippen molar-refractivity contribution >= 4 is 5.69 Å². The number of halogens is 2. The molecule has 0 aliphatic carbocycles. The number of nitrogens with zero attached hydrogens (tertiary/aromatic N) is 1. The van der Waals surface area contributed by atoms with Crippen molar-refractivity contribution in [3.63, 3.8) is 0 Å². The van der Waals surface area contributed by atoms with E-state index < -0.39 is 22.6 Å². The number of para-hydroxylation sites is 1. The fraction of sp³-hybridized carbons (Fsp3) is 0.200. The molecule has 0 bridgehead atoms. The Morgan fingerprint density at radius 3 is 2.62 bits per heavy atom. The van der Waals surface area contributed by atoms with Crippen molar-refractivity contribution < 1.29 is 13.7 Å². The zero-order chi connectivity index (χ0) is 15.4. The summed E-state index contributed by atoms with van der Waals surface area (Å²) in [7, 11) is 1.60. The summed E-state index contributed by atoms with van der Waals surface area (Å²) in [5, 5.41) is 13.9. The molecule has 1 atom stereocenters. The second-order valence-electron chi connectivity index (χ2n) is 4.60. The molecule has 4 nitrogen and oxygen atoms in total. The van der Waals surface area contributed by atoms with E-state index in [9.17, 15) is 18.9 Å². The zero-order valence-corrected chi connectivity index (χ0v) is 11.3. The van der Waals surface area contributed by atoms with Gasteiger partial charge in [0, 0.05) is 23.2 Å². The number of benzene rings is 2. The van der Waals surface area contributed by atoms with Gasteiger partial charge in [-0.15, -0.1) is 0 Å². The highest BCUT2D eigenvalue weighted by Gasteiger charge is 2.20. The largest absolute Gasteiger partial charge is 0.313 e. The van der Waals surface area contributed by atoms with Crippen molar-refractivity contribution in [2.45, 2.75) is 12.5 Å². The smallest absolute Gasteiger partial charge is 0.272 e. The van der Waals surface area contributed by atoms with Gasteiger partial charge in [-0.1, -0.05) is 18.2 Å². The summed E-state index contributed by atoms with van der Waals surface area (Å²) in [5.41, 5.74) is 0.579. The van der Waals surface area contributed by atoms with Gasteiger partial charge in [-0.2, -0.15) is 0 Å². The van der Waals surface area contributed by atoms with E-state index in [0.29, 0.717) is 5.56 Å². The summed E-state index contributed by atoms with van der Waals surface area (Å²) in [6.45, 7) is 0. The van der Waals surface area contributed by atoms with Crippen molar-refractivity contribution in [2.75, 3.05) is 7.05 Å². The summed E-state index contributed by atoms with van der Waals surface area (Å²) in [6.07, 6.45) is 0.189. The third kappa shape index (κ3) is 3.41. The number of nitro groups is 1. The normalized spacial score (nSPS) is 12.1. The Morgan fingerprint density at radius 2 is 1.95 bits per heavy atom. The van der Waals surface area contributed by atoms with Crippen LogP contribution in [0, 0.1) is 21.7 Å². The van der Waals surface area contributed by atoms with Crippen LogP contribution < -0.4 is 5.32 Å². The summed E-state index contributed by atoms with van der Waals surface area (Å²) in [4.78, 5) is 10.5. The van der Waals surface area contributed by atoms with Crippen LogP contribution in [0.3, 0.4) is 0 Å². The van der Waals surface area contributed by atoms with E-state index in [0.717, 1.165) is 18.2 Å². The molecule has 0 fully saturated rings. The fourth-order valence-corrected chi connectivity index (χ4v) is 2.23. The quantitative estimate of drug-likeness (QED) is 0.679. The Kier molecular flexibility index (Phi) is 4.59. The Bertz CT molecular complexity index is 662. The molecule has 21 heavy (non-hydrogen) atoms. The average Bonchev–Trinajstić information content (AvgIpc) is 2.47. The molecule has 0 aliphatic heterocycles. The van der Waals surface area contributed by atoms with Gasteiger partial charge in [0.15, 0.2) is 0 Å². The third-order valence-corrected chi connectivity index (χ3v) is 3.29. The van der Waals surface area contributed by atoms with E-state index in [4.69, 9.17) is 0 Å². The standard InChI is InChI=1S/C15H14F2N2O2/c1-18-14(12-9-11(16)6-7-13(12)17)8-10-4-2-3-5-15(10)19(20)21/h2-7,9,14,18H,8H2,1H3. The second-order valence-corrected chi connectivity index (χ2v) is 4.60. The topological polar surface area (TPSA) is 55.2 Å². The van der Waals surface area contributed by atoms with Crippen LogP contribution >= 0.6 is 0 Å². The lowest BCUT2D eigenvalue weighted by Crippen LogP contribution is -2.20. The summed E-state index contributed by atoms with van der Waals surface area (Å²) >= 11 is 0. The van der Waals surface area contributed by atoms with Gasteiger partial charge < -0.3 is 5.32 Å². The van der Waals surface area contributed by atoms with Crippen LogP contribution in [0.15, 0.2) is 42.5 Å². The lowest BCUT2D eigenvalue weighted by Gasteiger charge is -2.17. The molecule has 0 amide bonds. The van der Waals surface area contributed by atoms with Gasteiger partial charge in [-0.25, -0.2) is 8.78 Å². The number of nitro benzene ring substituents is 1. The molecule has 0 aliphatic rings. The van der Waals surface area contributed by atoms with Gasteiger partial charge >= 0.3 is 0 Å². The number of nitrogens with one attached hydrogen (secondary N) is 1. The highest BCUT2D eigenvalue weighted by Crippen LogP contribution is 2.26. The van der Waals surface area contributed by atoms with E-state index >= 15 is 0 Å². The second kappa shape index (κ2) is 6.41. The van der Waals surface area contributed by atoms with Crippen LogP contribution in [0.1, 0.15) is 17.2 Å². The van der Waals surface area contributed by atoms with Crippen LogP contribution in [0.4, 0.5) is 14.5 Å². The summed E-state index contributed by atoms with van der Waals surface area (Å²) in [5.74, 6) is -1.09. The van der Waals surface area contributed by atoms with E-state index in [1.165, 1.54) is 6.07 Å². The first-order chi connectivity index (χ1) is 10.0. The molecule has 0 saturated heterocycles. The summed E-state index contributed by atoms with van der Waals surface area (Å²) < 4.78 is 27.1. The minimum atomic E-state index is -0.554. The molecular formula is C15H14F2N2O2. The molecular weight excluding hydrogens is 278 g/mol. The Morgan fingerprint density at radius 1 is 1.24 bits per heavy atom. The average molecular weight is 292 g/mol. The van der Waals surface area contributed by atoms with Crippen molar-refractivity contribution in [1.29, 1.82) is 0 Å². The monoisotopic (exact) mass is 292 g/mol. The van der Waals surface area contributed by atoms with Crippen molar-refractivity contribution in [2.24, 2.45) is 0 Å². The minimum Gasteiger partial charge on any atom is -0.313 e. The highest BCUT2D eigenvalue weighted by atomic mass is 19.1. The van der Waals surface area contributed by atoms with Gasteiger partial charge in [-0.3, -0.25) is 10.1 Å². The zero-order valence-electron chi connectivity index (χ0n) is 11.3. The van der Waals surface area contributed by atoms with Gasteiger partial charge in [0.2, 0.25) is 0 Å². The lowest BCUT2D eigenvalue weighted by molar-refractivity contribution is -0.385. The van der Waals surface area contributed by atoms with Crippen LogP contribution in [-0.4, -0.2) is 12.0 Å². The highest BCUT2D eigenvalue weighted by molar-refractivity contribution is 5.41. The molecule has 1 N–H and O–H groups in total. The first-order valence-electron chi connectivity index (χ1n) is 6.37. The third-order valence-electron chi connectivity index (χ3n) is 3.29.